The van der Waals surface area contributed by atoms with Crippen LogP contribution in [0.2, 0.25) is 0 Å². The number of rotatable bonds is 5. The summed E-state index contributed by atoms with van der Waals surface area (Å²) in [5.74, 6) is 0. The molecule has 0 aliphatic carbocycles. The lowest BCUT2D eigenvalue weighted by Crippen LogP contribution is -2.45. The maximum absolute atomic E-state index is 2.55. The van der Waals surface area contributed by atoms with Gasteiger partial charge in [0, 0.05) is 39.3 Å². The zero-order valence-electron chi connectivity index (χ0n) is 13.1. The fourth-order valence-corrected chi connectivity index (χ4v) is 2.87. The van der Waals surface area contributed by atoms with E-state index < -0.39 is 0 Å². The third-order valence-electron chi connectivity index (χ3n) is 4.19. The largest absolute Gasteiger partial charge is 0.297 e. The van der Waals surface area contributed by atoms with Gasteiger partial charge in [0.05, 0.1) is 0 Å². The zero-order chi connectivity index (χ0) is 15.0. The van der Waals surface area contributed by atoms with Crippen molar-refractivity contribution in [3.05, 3.63) is 77.9 Å². The summed E-state index contributed by atoms with van der Waals surface area (Å²) in [6.07, 6.45) is 4.50. The molecule has 0 bridgehead atoms. The van der Waals surface area contributed by atoms with Crippen molar-refractivity contribution in [3.8, 4) is 0 Å². The number of nitrogens with zero attached hydrogens (tertiary/aromatic N) is 2. The molecule has 1 fully saturated rings. The van der Waals surface area contributed by atoms with Crippen molar-refractivity contribution in [1.82, 2.24) is 9.80 Å². The van der Waals surface area contributed by atoms with Crippen LogP contribution in [0.25, 0.3) is 6.08 Å². The van der Waals surface area contributed by atoms with Crippen LogP contribution in [0.1, 0.15) is 11.1 Å². The SMILES string of the molecule is C(=C/c1ccccc1)/CN1CCN(Cc2ccccc2)CC1. The zero-order valence-corrected chi connectivity index (χ0v) is 13.1. The molecule has 0 N–H and O–H groups in total. The highest BCUT2D eigenvalue weighted by atomic mass is 15.3. The van der Waals surface area contributed by atoms with E-state index in [1.165, 1.54) is 11.1 Å². The van der Waals surface area contributed by atoms with Gasteiger partial charge in [0.2, 0.25) is 0 Å². The van der Waals surface area contributed by atoms with Gasteiger partial charge in [-0.25, -0.2) is 0 Å². The lowest BCUT2D eigenvalue weighted by atomic mass is 10.2. The molecule has 0 radical (unpaired) electrons. The molecule has 0 amide bonds. The maximum Gasteiger partial charge on any atom is 0.0234 e. The summed E-state index contributed by atoms with van der Waals surface area (Å²) in [6, 6.07) is 21.3. The summed E-state index contributed by atoms with van der Waals surface area (Å²) < 4.78 is 0. The van der Waals surface area contributed by atoms with Crippen LogP contribution in [-0.4, -0.2) is 42.5 Å². The Kier molecular flexibility index (Phi) is 5.41. The number of hydrogen-bond acceptors (Lipinski definition) is 2. The molecule has 114 valence electrons. The lowest BCUT2D eigenvalue weighted by molar-refractivity contribution is 0.137. The summed E-state index contributed by atoms with van der Waals surface area (Å²) in [5, 5.41) is 0. The third-order valence-corrected chi connectivity index (χ3v) is 4.19. The van der Waals surface area contributed by atoms with Gasteiger partial charge in [-0.05, 0) is 11.1 Å². The van der Waals surface area contributed by atoms with Crippen LogP contribution in [0, 0.1) is 0 Å². The summed E-state index contributed by atoms with van der Waals surface area (Å²) in [7, 11) is 0. The molecule has 0 atom stereocenters. The van der Waals surface area contributed by atoms with E-state index in [0.717, 1.165) is 39.3 Å². The Morgan fingerprint density at radius 1 is 0.727 bits per heavy atom. The first kappa shape index (κ1) is 15.0. The first-order valence-corrected chi connectivity index (χ1v) is 8.10. The van der Waals surface area contributed by atoms with Gasteiger partial charge in [-0.2, -0.15) is 0 Å². The van der Waals surface area contributed by atoms with Crippen LogP contribution >= 0.6 is 0 Å². The Hall–Kier alpha value is -1.90. The minimum atomic E-state index is 1.05. The van der Waals surface area contributed by atoms with Crippen molar-refractivity contribution < 1.29 is 0 Å². The lowest BCUT2D eigenvalue weighted by Gasteiger charge is -2.34. The molecule has 0 spiro atoms. The molecule has 0 aromatic heterocycles. The van der Waals surface area contributed by atoms with E-state index in [4.69, 9.17) is 0 Å². The highest BCUT2D eigenvalue weighted by Crippen LogP contribution is 2.09. The predicted octanol–water partition coefficient (Wildman–Crippen LogP) is 3.52. The van der Waals surface area contributed by atoms with Crippen molar-refractivity contribution in [1.29, 1.82) is 0 Å². The number of piperazine rings is 1. The van der Waals surface area contributed by atoms with Crippen LogP contribution in [0.5, 0.6) is 0 Å². The average Bonchev–Trinajstić information content (AvgIpc) is 2.58. The highest BCUT2D eigenvalue weighted by molar-refractivity contribution is 5.48. The second-order valence-corrected chi connectivity index (χ2v) is 5.88. The van der Waals surface area contributed by atoms with E-state index in [2.05, 4.69) is 82.6 Å². The van der Waals surface area contributed by atoms with Gasteiger partial charge in [-0.3, -0.25) is 9.80 Å². The molecule has 1 aliphatic heterocycles. The molecule has 3 rings (SSSR count). The van der Waals surface area contributed by atoms with Gasteiger partial charge in [-0.1, -0.05) is 72.8 Å². The minimum absolute atomic E-state index is 1.05. The third kappa shape index (κ3) is 4.55. The molecule has 2 aromatic carbocycles. The van der Waals surface area contributed by atoms with E-state index in [9.17, 15) is 0 Å². The molecule has 1 saturated heterocycles. The Balaban J connectivity index is 1.41. The molecule has 0 unspecified atom stereocenters. The highest BCUT2D eigenvalue weighted by Gasteiger charge is 2.15. The molecule has 2 aromatic rings. The summed E-state index contributed by atoms with van der Waals surface area (Å²) in [5.41, 5.74) is 2.70. The summed E-state index contributed by atoms with van der Waals surface area (Å²) >= 11 is 0. The van der Waals surface area contributed by atoms with Gasteiger partial charge in [0.15, 0.2) is 0 Å². The first-order valence-electron chi connectivity index (χ1n) is 8.10. The van der Waals surface area contributed by atoms with Crippen molar-refractivity contribution in [3.63, 3.8) is 0 Å². The first-order chi connectivity index (χ1) is 10.9. The quantitative estimate of drug-likeness (QED) is 0.832. The van der Waals surface area contributed by atoms with Crippen LogP contribution < -0.4 is 0 Å². The van der Waals surface area contributed by atoms with Crippen LogP contribution in [0.3, 0.4) is 0 Å². The number of hydrogen-bond donors (Lipinski definition) is 0. The number of benzene rings is 2. The topological polar surface area (TPSA) is 6.48 Å². The Labute approximate surface area is 133 Å². The van der Waals surface area contributed by atoms with Crippen molar-refractivity contribution >= 4 is 6.08 Å². The molecule has 22 heavy (non-hydrogen) atoms. The second-order valence-electron chi connectivity index (χ2n) is 5.88. The van der Waals surface area contributed by atoms with Gasteiger partial charge in [0.1, 0.15) is 0 Å². The van der Waals surface area contributed by atoms with Gasteiger partial charge < -0.3 is 0 Å². The fraction of sp³-hybridized carbons (Fsp3) is 0.300. The van der Waals surface area contributed by atoms with E-state index in [1.54, 1.807) is 0 Å². The van der Waals surface area contributed by atoms with E-state index in [-0.39, 0.29) is 0 Å². The standard InChI is InChI=1S/C20H24N2/c1-3-8-19(9-4-1)12-7-13-21-14-16-22(17-15-21)18-20-10-5-2-6-11-20/h1-12H,13-18H2/b12-7-. The Morgan fingerprint density at radius 2 is 1.32 bits per heavy atom. The summed E-state index contributed by atoms with van der Waals surface area (Å²) in [6.45, 7) is 6.77. The van der Waals surface area contributed by atoms with Crippen LogP contribution in [-0.2, 0) is 6.54 Å². The fourth-order valence-electron chi connectivity index (χ4n) is 2.87. The average molecular weight is 292 g/mol. The Morgan fingerprint density at radius 3 is 2.00 bits per heavy atom. The van der Waals surface area contributed by atoms with Crippen molar-refractivity contribution in [2.75, 3.05) is 32.7 Å². The minimum Gasteiger partial charge on any atom is -0.297 e. The monoisotopic (exact) mass is 292 g/mol. The molecule has 2 nitrogen and oxygen atoms in total. The van der Waals surface area contributed by atoms with Crippen LogP contribution in [0.4, 0.5) is 0 Å². The van der Waals surface area contributed by atoms with Gasteiger partial charge >= 0.3 is 0 Å². The molecular formula is C20H24N2. The molecular weight excluding hydrogens is 268 g/mol. The predicted molar refractivity (Wildman–Crippen MR) is 93.6 cm³/mol. The molecule has 1 heterocycles. The smallest absolute Gasteiger partial charge is 0.0234 e. The van der Waals surface area contributed by atoms with E-state index in [0.29, 0.717) is 0 Å². The molecule has 1 aliphatic rings. The maximum atomic E-state index is 2.55. The van der Waals surface area contributed by atoms with E-state index in [1.807, 2.05) is 0 Å². The molecule has 2 heteroatoms. The van der Waals surface area contributed by atoms with Gasteiger partial charge in [0.25, 0.3) is 0 Å². The second kappa shape index (κ2) is 7.92. The van der Waals surface area contributed by atoms with Crippen LogP contribution in [0.15, 0.2) is 66.7 Å². The van der Waals surface area contributed by atoms with Crippen molar-refractivity contribution in [2.24, 2.45) is 0 Å². The Bertz CT molecular complexity index is 569. The summed E-state index contributed by atoms with van der Waals surface area (Å²) in [4.78, 5) is 5.08. The normalized spacial score (nSPS) is 17.1. The van der Waals surface area contributed by atoms with E-state index >= 15 is 0 Å². The molecule has 0 saturated carbocycles. The van der Waals surface area contributed by atoms with Gasteiger partial charge in [-0.15, -0.1) is 0 Å². The van der Waals surface area contributed by atoms with Crippen molar-refractivity contribution in [2.45, 2.75) is 6.54 Å².